The van der Waals surface area contributed by atoms with Gasteiger partial charge in [-0.05, 0) is 23.8 Å². The van der Waals surface area contributed by atoms with Crippen molar-refractivity contribution in [3.05, 3.63) is 59.8 Å². The van der Waals surface area contributed by atoms with Crippen LogP contribution in [0.4, 0.5) is 0 Å². The normalized spacial score (nSPS) is 10.4. The number of methoxy groups -OCH3 is 1. The molecule has 4 nitrogen and oxygen atoms in total. The van der Waals surface area contributed by atoms with Crippen LogP contribution in [-0.2, 0) is 6.54 Å². The Morgan fingerprint density at radius 3 is 2.70 bits per heavy atom. The number of hydrogen-bond donors (Lipinski definition) is 0. The summed E-state index contributed by atoms with van der Waals surface area (Å²) in [6, 6.07) is 15.7. The molecule has 4 heteroatoms. The van der Waals surface area contributed by atoms with Gasteiger partial charge in [0, 0.05) is 11.6 Å². The molecule has 0 N–H and O–H groups in total. The summed E-state index contributed by atoms with van der Waals surface area (Å²) in [5.74, 6) is 0.839. The minimum Gasteiger partial charge on any atom is -0.497 e. The van der Waals surface area contributed by atoms with Crippen molar-refractivity contribution >= 4 is 10.9 Å². The van der Waals surface area contributed by atoms with E-state index in [-0.39, 0.29) is 0 Å². The number of rotatable bonds is 3. The Kier molecular flexibility index (Phi) is 3.10. The zero-order valence-corrected chi connectivity index (χ0v) is 11.1. The fraction of sp³-hybridized carbons (Fsp3) is 0.125. The van der Waals surface area contributed by atoms with Gasteiger partial charge < -0.3 is 4.74 Å². The molecule has 0 aliphatic carbocycles. The topological polar surface area (TPSA) is 50.8 Å². The van der Waals surface area contributed by atoms with Crippen LogP contribution in [0.5, 0.6) is 5.75 Å². The largest absolute Gasteiger partial charge is 0.497 e. The molecule has 0 saturated carbocycles. The van der Waals surface area contributed by atoms with Gasteiger partial charge in [-0.1, -0.05) is 24.3 Å². The summed E-state index contributed by atoms with van der Waals surface area (Å²) in [4.78, 5) is 0. The molecule has 0 aliphatic heterocycles. The lowest BCUT2D eigenvalue weighted by Gasteiger charge is -2.03. The molecule has 0 saturated heterocycles. The van der Waals surface area contributed by atoms with Crippen molar-refractivity contribution in [2.24, 2.45) is 0 Å². The Labute approximate surface area is 116 Å². The maximum absolute atomic E-state index is 9.08. The van der Waals surface area contributed by atoms with Gasteiger partial charge in [-0.25, -0.2) is 0 Å². The van der Waals surface area contributed by atoms with Gasteiger partial charge in [0.15, 0.2) is 0 Å². The van der Waals surface area contributed by atoms with Crippen LogP contribution in [0.2, 0.25) is 0 Å². The molecule has 0 bridgehead atoms. The molecule has 0 spiro atoms. The average molecular weight is 263 g/mol. The van der Waals surface area contributed by atoms with E-state index in [2.05, 4.69) is 11.2 Å². The second kappa shape index (κ2) is 5.06. The van der Waals surface area contributed by atoms with Crippen LogP contribution in [0.3, 0.4) is 0 Å². The second-order valence-corrected chi connectivity index (χ2v) is 4.53. The van der Waals surface area contributed by atoms with Crippen molar-refractivity contribution < 1.29 is 4.74 Å². The smallest absolute Gasteiger partial charge is 0.118 e. The summed E-state index contributed by atoms with van der Waals surface area (Å²) >= 11 is 0. The molecule has 0 amide bonds. The van der Waals surface area contributed by atoms with Gasteiger partial charge in [-0.15, -0.1) is 0 Å². The maximum Gasteiger partial charge on any atom is 0.118 e. The molecular formula is C16H13N3O. The summed E-state index contributed by atoms with van der Waals surface area (Å²) in [6.07, 6.45) is 1.96. The van der Waals surface area contributed by atoms with E-state index in [9.17, 15) is 0 Å². The minimum atomic E-state index is 0.607. The van der Waals surface area contributed by atoms with Crippen LogP contribution in [0.25, 0.3) is 10.9 Å². The Morgan fingerprint density at radius 2 is 2.00 bits per heavy atom. The Hall–Kier alpha value is -2.80. The highest BCUT2D eigenvalue weighted by atomic mass is 16.5. The van der Waals surface area contributed by atoms with E-state index in [0.29, 0.717) is 12.1 Å². The van der Waals surface area contributed by atoms with Crippen LogP contribution in [-0.4, -0.2) is 16.9 Å². The quantitative estimate of drug-likeness (QED) is 0.730. The van der Waals surface area contributed by atoms with Gasteiger partial charge in [0.05, 0.1) is 19.2 Å². The number of ether oxygens (including phenoxy) is 1. The van der Waals surface area contributed by atoms with E-state index in [1.165, 1.54) is 0 Å². The maximum atomic E-state index is 9.08. The minimum absolute atomic E-state index is 0.607. The number of benzene rings is 2. The number of nitrogens with zero attached hydrogens (tertiary/aromatic N) is 3. The highest BCUT2D eigenvalue weighted by molar-refractivity contribution is 5.83. The summed E-state index contributed by atoms with van der Waals surface area (Å²) in [5, 5.41) is 14.5. The molecule has 1 heterocycles. The first kappa shape index (κ1) is 12.2. The molecule has 98 valence electrons. The summed E-state index contributed by atoms with van der Waals surface area (Å²) < 4.78 is 6.99. The van der Waals surface area contributed by atoms with Crippen molar-refractivity contribution in [2.75, 3.05) is 7.11 Å². The fourth-order valence-corrected chi connectivity index (χ4v) is 2.18. The molecule has 0 aliphatic rings. The van der Waals surface area contributed by atoms with Crippen LogP contribution >= 0.6 is 0 Å². The highest BCUT2D eigenvalue weighted by Crippen LogP contribution is 2.18. The third-order valence-corrected chi connectivity index (χ3v) is 3.21. The number of hydrogen-bond acceptors (Lipinski definition) is 3. The first-order chi connectivity index (χ1) is 9.80. The Bertz CT molecular complexity index is 782. The van der Waals surface area contributed by atoms with Gasteiger partial charge in [0.2, 0.25) is 0 Å². The molecule has 0 fully saturated rings. The molecule has 1 aromatic heterocycles. The molecule has 20 heavy (non-hydrogen) atoms. The van der Waals surface area contributed by atoms with E-state index in [0.717, 1.165) is 22.2 Å². The van der Waals surface area contributed by atoms with Crippen molar-refractivity contribution in [1.29, 1.82) is 5.26 Å². The van der Waals surface area contributed by atoms with Crippen molar-refractivity contribution in [1.82, 2.24) is 9.78 Å². The van der Waals surface area contributed by atoms with Crippen LogP contribution in [0, 0.1) is 11.3 Å². The zero-order valence-electron chi connectivity index (χ0n) is 11.1. The molecule has 0 unspecified atom stereocenters. The average Bonchev–Trinajstić information content (AvgIpc) is 2.90. The highest BCUT2D eigenvalue weighted by Gasteiger charge is 2.05. The standard InChI is InChI=1S/C16H13N3O/c1-20-15-7-5-12(6-8-15)10-19-11-14-4-2-3-13(9-17)16(14)18-19/h2-8,11H,10H2,1H3. The fourth-order valence-electron chi connectivity index (χ4n) is 2.18. The summed E-state index contributed by atoms with van der Waals surface area (Å²) in [6.45, 7) is 0.670. The van der Waals surface area contributed by atoms with Crippen LogP contribution in [0.15, 0.2) is 48.7 Å². The van der Waals surface area contributed by atoms with E-state index < -0.39 is 0 Å². The van der Waals surface area contributed by atoms with E-state index in [1.54, 1.807) is 13.2 Å². The van der Waals surface area contributed by atoms with Gasteiger partial charge in [0.25, 0.3) is 0 Å². The summed E-state index contributed by atoms with van der Waals surface area (Å²) in [5.41, 5.74) is 2.50. The third kappa shape index (κ3) is 2.21. The Morgan fingerprint density at radius 1 is 1.20 bits per heavy atom. The van der Waals surface area contributed by atoms with Gasteiger partial charge >= 0.3 is 0 Å². The second-order valence-electron chi connectivity index (χ2n) is 4.53. The van der Waals surface area contributed by atoms with Crippen LogP contribution < -0.4 is 4.74 Å². The molecular weight excluding hydrogens is 250 g/mol. The molecule has 2 aromatic carbocycles. The first-order valence-corrected chi connectivity index (χ1v) is 6.29. The molecule has 0 atom stereocenters. The SMILES string of the molecule is COc1ccc(Cn2cc3cccc(C#N)c3n2)cc1. The number of fused-ring (bicyclic) bond motifs is 1. The predicted octanol–water partition coefficient (Wildman–Crippen LogP) is 2.96. The lowest BCUT2D eigenvalue weighted by atomic mass is 10.2. The van der Waals surface area contributed by atoms with Gasteiger partial charge in [0.1, 0.15) is 17.3 Å². The lowest BCUT2D eigenvalue weighted by molar-refractivity contribution is 0.414. The Balaban J connectivity index is 1.92. The van der Waals surface area contributed by atoms with Crippen LogP contribution in [0.1, 0.15) is 11.1 Å². The molecule has 3 rings (SSSR count). The zero-order chi connectivity index (χ0) is 13.9. The van der Waals surface area contributed by atoms with Crippen molar-refractivity contribution in [2.45, 2.75) is 6.54 Å². The summed E-state index contributed by atoms with van der Waals surface area (Å²) in [7, 11) is 1.65. The number of nitriles is 1. The van der Waals surface area contributed by atoms with Gasteiger partial charge in [-0.3, -0.25) is 4.68 Å². The van der Waals surface area contributed by atoms with E-state index >= 15 is 0 Å². The first-order valence-electron chi connectivity index (χ1n) is 6.29. The monoisotopic (exact) mass is 263 g/mol. The molecule has 3 aromatic rings. The van der Waals surface area contributed by atoms with Crippen molar-refractivity contribution in [3.63, 3.8) is 0 Å². The van der Waals surface area contributed by atoms with Crippen molar-refractivity contribution in [3.8, 4) is 11.8 Å². The predicted molar refractivity (Wildman–Crippen MR) is 76.5 cm³/mol. The lowest BCUT2D eigenvalue weighted by Crippen LogP contribution is -1.99. The molecule has 0 radical (unpaired) electrons. The van der Waals surface area contributed by atoms with Gasteiger partial charge in [-0.2, -0.15) is 10.4 Å². The third-order valence-electron chi connectivity index (χ3n) is 3.21. The van der Waals surface area contributed by atoms with E-state index in [4.69, 9.17) is 10.00 Å². The van der Waals surface area contributed by atoms with E-state index in [1.807, 2.05) is 47.3 Å². The number of aromatic nitrogens is 2.